The molecule has 1 aromatic carbocycles. The molecule has 2 aromatic heterocycles. The van der Waals surface area contributed by atoms with E-state index in [1.165, 1.54) is 11.8 Å². The van der Waals surface area contributed by atoms with E-state index in [-0.39, 0.29) is 11.7 Å². The molecule has 1 N–H and O–H groups in total. The summed E-state index contributed by atoms with van der Waals surface area (Å²) >= 11 is 7.11. The van der Waals surface area contributed by atoms with Gasteiger partial charge in [-0.15, -0.1) is 10.2 Å². The maximum atomic E-state index is 12.0. The van der Waals surface area contributed by atoms with Gasteiger partial charge < -0.3 is 14.3 Å². The number of halogens is 1. The lowest BCUT2D eigenvalue weighted by atomic mass is 10.3. The number of furan rings is 1. The van der Waals surface area contributed by atoms with Crippen LogP contribution >= 0.6 is 23.4 Å². The summed E-state index contributed by atoms with van der Waals surface area (Å²) in [6.07, 6.45) is 1.58. The number of amides is 1. The van der Waals surface area contributed by atoms with Crippen LogP contribution in [0.5, 0.6) is 0 Å². The van der Waals surface area contributed by atoms with Gasteiger partial charge in [0.2, 0.25) is 5.91 Å². The number of hydrogen-bond acceptors (Lipinski definition) is 5. The molecule has 0 saturated carbocycles. The maximum absolute atomic E-state index is 12.0. The van der Waals surface area contributed by atoms with Crippen molar-refractivity contribution < 1.29 is 9.21 Å². The number of aromatic nitrogens is 3. The Hall–Kier alpha value is -2.25. The van der Waals surface area contributed by atoms with Crippen molar-refractivity contribution >= 4 is 35.0 Å². The lowest BCUT2D eigenvalue weighted by molar-refractivity contribution is -0.113. The first-order chi connectivity index (χ1) is 11.1. The molecule has 0 spiro atoms. The summed E-state index contributed by atoms with van der Waals surface area (Å²) in [6.45, 7) is 0. The molecule has 8 heteroatoms. The standard InChI is InChI=1S/C15H13ClN4O2S/c1-20-14(12-3-2-8-22-12)18-19-15(20)23-9-13(21)17-11-6-4-10(16)5-7-11/h2-8H,9H2,1H3,(H,17,21). The quantitative estimate of drug-likeness (QED) is 0.715. The van der Waals surface area contributed by atoms with Crippen LogP contribution in [-0.4, -0.2) is 26.4 Å². The van der Waals surface area contributed by atoms with Gasteiger partial charge in [0, 0.05) is 17.8 Å². The number of rotatable bonds is 5. The summed E-state index contributed by atoms with van der Waals surface area (Å²) in [4.78, 5) is 12.0. The lowest BCUT2D eigenvalue weighted by Crippen LogP contribution is -2.14. The van der Waals surface area contributed by atoms with Crippen LogP contribution in [0.1, 0.15) is 0 Å². The molecule has 1 amide bonds. The molecule has 0 fully saturated rings. The van der Waals surface area contributed by atoms with Crippen molar-refractivity contribution in [2.75, 3.05) is 11.1 Å². The molecule has 118 valence electrons. The van der Waals surface area contributed by atoms with Gasteiger partial charge in [0.1, 0.15) is 0 Å². The molecular weight excluding hydrogens is 336 g/mol. The molecule has 0 aliphatic rings. The summed E-state index contributed by atoms with van der Waals surface area (Å²) in [5.74, 6) is 1.36. The van der Waals surface area contributed by atoms with Crippen LogP contribution in [-0.2, 0) is 11.8 Å². The Morgan fingerprint density at radius 1 is 1.30 bits per heavy atom. The van der Waals surface area contributed by atoms with Gasteiger partial charge in [-0.2, -0.15) is 0 Å². The van der Waals surface area contributed by atoms with E-state index in [4.69, 9.17) is 16.0 Å². The van der Waals surface area contributed by atoms with Gasteiger partial charge >= 0.3 is 0 Å². The molecule has 0 aliphatic carbocycles. The predicted molar refractivity (Wildman–Crippen MR) is 89.5 cm³/mol. The number of anilines is 1. The second-order valence-corrected chi connectivity index (χ2v) is 6.07. The average molecular weight is 349 g/mol. The van der Waals surface area contributed by atoms with E-state index in [1.54, 1.807) is 41.2 Å². The number of carbonyl (C=O) groups excluding carboxylic acids is 1. The van der Waals surface area contributed by atoms with Crippen molar-refractivity contribution in [3.63, 3.8) is 0 Å². The molecule has 2 heterocycles. The van der Waals surface area contributed by atoms with Crippen molar-refractivity contribution in [1.82, 2.24) is 14.8 Å². The number of nitrogens with one attached hydrogen (secondary N) is 1. The van der Waals surface area contributed by atoms with Crippen LogP contribution in [0, 0.1) is 0 Å². The first-order valence-corrected chi connectivity index (χ1v) is 8.11. The number of benzene rings is 1. The number of nitrogens with zero attached hydrogens (tertiary/aromatic N) is 3. The van der Waals surface area contributed by atoms with Gasteiger partial charge in [0.25, 0.3) is 0 Å². The van der Waals surface area contributed by atoms with Crippen LogP contribution in [0.15, 0.2) is 52.2 Å². The fourth-order valence-electron chi connectivity index (χ4n) is 1.92. The molecule has 0 saturated heterocycles. The van der Waals surface area contributed by atoms with Gasteiger partial charge in [-0.1, -0.05) is 23.4 Å². The summed E-state index contributed by atoms with van der Waals surface area (Å²) in [5, 5.41) is 12.2. The highest BCUT2D eigenvalue weighted by Crippen LogP contribution is 2.23. The summed E-state index contributed by atoms with van der Waals surface area (Å²) in [7, 11) is 1.83. The minimum absolute atomic E-state index is 0.125. The number of thioether (sulfide) groups is 1. The minimum Gasteiger partial charge on any atom is -0.461 e. The van der Waals surface area contributed by atoms with Crippen LogP contribution < -0.4 is 5.32 Å². The highest BCUT2D eigenvalue weighted by Gasteiger charge is 2.14. The van der Waals surface area contributed by atoms with Crippen LogP contribution in [0.2, 0.25) is 5.02 Å². The average Bonchev–Trinajstić information content (AvgIpc) is 3.17. The molecule has 6 nitrogen and oxygen atoms in total. The lowest BCUT2D eigenvalue weighted by Gasteiger charge is -2.05. The van der Waals surface area contributed by atoms with Crippen molar-refractivity contribution in [2.24, 2.45) is 7.05 Å². The van der Waals surface area contributed by atoms with E-state index in [0.29, 0.717) is 27.5 Å². The molecule has 23 heavy (non-hydrogen) atoms. The monoisotopic (exact) mass is 348 g/mol. The number of carbonyl (C=O) groups is 1. The highest BCUT2D eigenvalue weighted by molar-refractivity contribution is 7.99. The summed E-state index contributed by atoms with van der Waals surface area (Å²) in [6, 6.07) is 10.6. The highest BCUT2D eigenvalue weighted by atomic mass is 35.5. The van der Waals surface area contributed by atoms with Crippen molar-refractivity contribution in [3.8, 4) is 11.6 Å². The molecular formula is C15H13ClN4O2S. The Labute approximate surface area is 141 Å². The zero-order chi connectivity index (χ0) is 16.2. The van der Waals surface area contributed by atoms with E-state index < -0.39 is 0 Å². The molecule has 0 atom stereocenters. The Morgan fingerprint density at radius 3 is 2.78 bits per heavy atom. The molecule has 3 rings (SSSR count). The normalized spacial score (nSPS) is 10.7. The first-order valence-electron chi connectivity index (χ1n) is 6.75. The second kappa shape index (κ2) is 6.89. The van der Waals surface area contributed by atoms with Crippen molar-refractivity contribution in [1.29, 1.82) is 0 Å². The first kappa shape index (κ1) is 15.6. The van der Waals surface area contributed by atoms with E-state index in [1.807, 2.05) is 13.1 Å². The third kappa shape index (κ3) is 3.75. The molecule has 0 aliphatic heterocycles. The van der Waals surface area contributed by atoms with E-state index in [2.05, 4.69) is 15.5 Å². The zero-order valence-corrected chi connectivity index (χ0v) is 13.8. The van der Waals surface area contributed by atoms with Crippen LogP contribution in [0.3, 0.4) is 0 Å². The van der Waals surface area contributed by atoms with E-state index >= 15 is 0 Å². The molecule has 0 unspecified atom stereocenters. The smallest absolute Gasteiger partial charge is 0.234 e. The third-order valence-electron chi connectivity index (χ3n) is 3.04. The Balaban J connectivity index is 1.60. The topological polar surface area (TPSA) is 73.0 Å². The fourth-order valence-corrected chi connectivity index (χ4v) is 2.76. The zero-order valence-electron chi connectivity index (χ0n) is 12.2. The minimum atomic E-state index is -0.125. The second-order valence-electron chi connectivity index (χ2n) is 4.69. The summed E-state index contributed by atoms with van der Waals surface area (Å²) in [5.41, 5.74) is 0.703. The van der Waals surface area contributed by atoms with E-state index in [0.717, 1.165) is 0 Å². The molecule has 0 radical (unpaired) electrons. The van der Waals surface area contributed by atoms with Crippen LogP contribution in [0.25, 0.3) is 11.6 Å². The number of hydrogen-bond donors (Lipinski definition) is 1. The van der Waals surface area contributed by atoms with Crippen molar-refractivity contribution in [2.45, 2.75) is 5.16 Å². The Morgan fingerprint density at radius 2 is 2.09 bits per heavy atom. The molecule has 3 aromatic rings. The SMILES string of the molecule is Cn1c(SCC(=O)Nc2ccc(Cl)cc2)nnc1-c1ccco1. The Bertz CT molecular complexity index is 800. The van der Waals surface area contributed by atoms with Crippen molar-refractivity contribution in [3.05, 3.63) is 47.7 Å². The van der Waals surface area contributed by atoms with Crippen LogP contribution in [0.4, 0.5) is 5.69 Å². The predicted octanol–water partition coefficient (Wildman–Crippen LogP) is 3.46. The van der Waals surface area contributed by atoms with Gasteiger partial charge in [-0.3, -0.25) is 4.79 Å². The third-order valence-corrected chi connectivity index (χ3v) is 4.31. The maximum Gasteiger partial charge on any atom is 0.234 e. The Kier molecular flexibility index (Phi) is 4.68. The van der Waals surface area contributed by atoms with Gasteiger partial charge in [0.15, 0.2) is 16.7 Å². The summed E-state index contributed by atoms with van der Waals surface area (Å²) < 4.78 is 7.10. The van der Waals surface area contributed by atoms with E-state index in [9.17, 15) is 4.79 Å². The largest absolute Gasteiger partial charge is 0.461 e. The van der Waals surface area contributed by atoms with Gasteiger partial charge in [0.05, 0.1) is 12.0 Å². The van der Waals surface area contributed by atoms with Gasteiger partial charge in [-0.25, -0.2) is 0 Å². The van der Waals surface area contributed by atoms with Gasteiger partial charge in [-0.05, 0) is 36.4 Å². The molecule has 0 bridgehead atoms. The fraction of sp³-hybridized carbons (Fsp3) is 0.133.